The van der Waals surface area contributed by atoms with Gasteiger partial charge < -0.3 is 4.90 Å². The maximum Gasteiger partial charge on any atom is 0.139 e. The molecule has 1 aliphatic rings. The van der Waals surface area contributed by atoms with Gasteiger partial charge in [-0.15, -0.1) is 0 Å². The van der Waals surface area contributed by atoms with Crippen LogP contribution in [-0.2, 0) is 0 Å². The molecule has 1 saturated heterocycles. The molecule has 0 aliphatic carbocycles. The van der Waals surface area contributed by atoms with Crippen LogP contribution < -0.4 is 4.90 Å². The van der Waals surface area contributed by atoms with Crippen LogP contribution in [0.25, 0.3) is 0 Å². The third-order valence-electron chi connectivity index (χ3n) is 2.69. The van der Waals surface area contributed by atoms with Crippen LogP contribution in [0.4, 0.5) is 10.1 Å². The van der Waals surface area contributed by atoms with Crippen molar-refractivity contribution in [3.63, 3.8) is 0 Å². The summed E-state index contributed by atoms with van der Waals surface area (Å²) in [5, 5.41) is 0. The van der Waals surface area contributed by atoms with Gasteiger partial charge in [-0.25, -0.2) is 4.39 Å². The number of halogens is 2. The molecule has 0 amide bonds. The summed E-state index contributed by atoms with van der Waals surface area (Å²) in [5.41, 5.74) is 2.18. The van der Waals surface area contributed by atoms with Crippen molar-refractivity contribution < 1.29 is 4.39 Å². The first-order valence-electron chi connectivity index (χ1n) is 4.89. The van der Waals surface area contributed by atoms with Gasteiger partial charge in [-0.2, -0.15) is 0 Å². The zero-order valence-corrected chi connectivity index (χ0v) is 9.77. The molecule has 1 heterocycles. The second-order valence-electron chi connectivity index (χ2n) is 3.75. The number of hydrogen-bond donors (Lipinski definition) is 0. The van der Waals surface area contributed by atoms with Crippen LogP contribution in [0.3, 0.4) is 0 Å². The Labute approximate surface area is 92.0 Å². The summed E-state index contributed by atoms with van der Waals surface area (Å²) in [6.07, 6.45) is 2.44. The molecule has 14 heavy (non-hydrogen) atoms. The van der Waals surface area contributed by atoms with Crippen molar-refractivity contribution in [2.24, 2.45) is 0 Å². The van der Waals surface area contributed by atoms with Gasteiger partial charge in [0.05, 0.1) is 4.47 Å². The van der Waals surface area contributed by atoms with E-state index in [-0.39, 0.29) is 5.82 Å². The standard InChI is InChI=1S/C11H13BrFN/c1-8-6-9(12)10(13)7-11(8)14-4-2-3-5-14/h6-7H,2-5H2,1H3. The largest absolute Gasteiger partial charge is 0.371 e. The quantitative estimate of drug-likeness (QED) is 0.745. The molecular weight excluding hydrogens is 245 g/mol. The lowest BCUT2D eigenvalue weighted by Crippen LogP contribution is -2.18. The van der Waals surface area contributed by atoms with Gasteiger partial charge in [0.25, 0.3) is 0 Å². The molecule has 1 nitrogen and oxygen atoms in total. The lowest BCUT2D eigenvalue weighted by Gasteiger charge is -2.20. The molecule has 1 aliphatic heterocycles. The van der Waals surface area contributed by atoms with Crippen molar-refractivity contribution in [3.8, 4) is 0 Å². The van der Waals surface area contributed by atoms with Crippen LogP contribution in [0.1, 0.15) is 18.4 Å². The Hall–Kier alpha value is -0.570. The summed E-state index contributed by atoms with van der Waals surface area (Å²) in [4.78, 5) is 2.25. The molecule has 0 bridgehead atoms. The van der Waals surface area contributed by atoms with Crippen molar-refractivity contribution in [2.75, 3.05) is 18.0 Å². The van der Waals surface area contributed by atoms with Crippen LogP contribution in [0.5, 0.6) is 0 Å². The predicted molar refractivity (Wildman–Crippen MR) is 60.3 cm³/mol. The van der Waals surface area contributed by atoms with E-state index in [0.29, 0.717) is 4.47 Å². The van der Waals surface area contributed by atoms with Gasteiger partial charge in [0.1, 0.15) is 5.82 Å². The Kier molecular flexibility index (Phi) is 2.77. The van der Waals surface area contributed by atoms with Crippen molar-refractivity contribution in [1.82, 2.24) is 0 Å². The van der Waals surface area contributed by atoms with E-state index in [2.05, 4.69) is 20.8 Å². The fraction of sp³-hybridized carbons (Fsp3) is 0.455. The molecule has 0 unspecified atom stereocenters. The molecule has 1 aromatic rings. The lowest BCUT2D eigenvalue weighted by atomic mass is 10.2. The molecule has 0 spiro atoms. The van der Waals surface area contributed by atoms with E-state index in [1.165, 1.54) is 12.8 Å². The lowest BCUT2D eigenvalue weighted by molar-refractivity contribution is 0.620. The minimum Gasteiger partial charge on any atom is -0.371 e. The molecule has 3 heteroatoms. The smallest absolute Gasteiger partial charge is 0.139 e. The SMILES string of the molecule is Cc1cc(Br)c(F)cc1N1CCCC1. The Morgan fingerprint density at radius 2 is 1.93 bits per heavy atom. The summed E-state index contributed by atoms with van der Waals surface area (Å²) in [5.74, 6) is -0.169. The maximum atomic E-state index is 13.3. The highest BCUT2D eigenvalue weighted by molar-refractivity contribution is 9.10. The highest BCUT2D eigenvalue weighted by Gasteiger charge is 2.15. The summed E-state index contributed by atoms with van der Waals surface area (Å²) in [7, 11) is 0. The van der Waals surface area contributed by atoms with Gasteiger partial charge in [-0.3, -0.25) is 0 Å². The van der Waals surface area contributed by atoms with Gasteiger partial charge in [-0.1, -0.05) is 0 Å². The molecule has 0 atom stereocenters. The topological polar surface area (TPSA) is 3.24 Å². The maximum absolute atomic E-state index is 13.3. The minimum absolute atomic E-state index is 0.169. The molecule has 2 rings (SSSR count). The van der Waals surface area contributed by atoms with Gasteiger partial charge >= 0.3 is 0 Å². The molecule has 0 saturated carbocycles. The fourth-order valence-electron chi connectivity index (χ4n) is 1.93. The number of nitrogens with zero attached hydrogens (tertiary/aromatic N) is 1. The van der Waals surface area contributed by atoms with Crippen molar-refractivity contribution in [3.05, 3.63) is 28.0 Å². The Bertz CT molecular complexity index is 345. The molecule has 0 N–H and O–H groups in total. The summed E-state index contributed by atoms with van der Waals surface area (Å²) in [6, 6.07) is 3.48. The predicted octanol–water partition coefficient (Wildman–Crippen LogP) is 3.50. The average Bonchev–Trinajstić information content (AvgIpc) is 2.64. The van der Waals surface area contributed by atoms with Gasteiger partial charge in [0, 0.05) is 18.8 Å². The molecule has 0 radical (unpaired) electrons. The van der Waals surface area contributed by atoms with E-state index in [1.54, 1.807) is 6.07 Å². The van der Waals surface area contributed by atoms with Crippen LogP contribution in [-0.4, -0.2) is 13.1 Å². The average molecular weight is 258 g/mol. The Morgan fingerprint density at radius 1 is 1.29 bits per heavy atom. The van der Waals surface area contributed by atoms with Gasteiger partial charge in [0.15, 0.2) is 0 Å². The zero-order valence-electron chi connectivity index (χ0n) is 8.19. The number of anilines is 1. The molecule has 1 fully saturated rings. The van der Waals surface area contributed by atoms with Gasteiger partial charge in [0.2, 0.25) is 0 Å². The third kappa shape index (κ3) is 1.78. The van der Waals surface area contributed by atoms with Crippen LogP contribution in [0, 0.1) is 12.7 Å². The number of rotatable bonds is 1. The molecule has 0 aromatic heterocycles. The number of benzene rings is 1. The van der Waals surface area contributed by atoms with E-state index < -0.39 is 0 Å². The highest BCUT2D eigenvalue weighted by atomic mass is 79.9. The minimum atomic E-state index is -0.169. The first kappa shape index (κ1) is 9.97. The normalized spacial score (nSPS) is 16.4. The molecular formula is C11H13BrFN. The fourth-order valence-corrected chi connectivity index (χ4v) is 2.39. The van der Waals surface area contributed by atoms with E-state index in [9.17, 15) is 4.39 Å². The van der Waals surface area contributed by atoms with Crippen LogP contribution >= 0.6 is 15.9 Å². The summed E-state index contributed by atoms with van der Waals surface area (Å²) in [6.45, 7) is 4.14. The summed E-state index contributed by atoms with van der Waals surface area (Å²) >= 11 is 3.20. The zero-order chi connectivity index (χ0) is 10.1. The van der Waals surface area contributed by atoms with Crippen LogP contribution in [0.2, 0.25) is 0 Å². The third-order valence-corrected chi connectivity index (χ3v) is 3.29. The van der Waals surface area contributed by atoms with Crippen molar-refractivity contribution in [2.45, 2.75) is 19.8 Å². The number of aryl methyl sites for hydroxylation is 1. The molecule has 1 aromatic carbocycles. The van der Waals surface area contributed by atoms with E-state index >= 15 is 0 Å². The van der Waals surface area contributed by atoms with Crippen LogP contribution in [0.15, 0.2) is 16.6 Å². The van der Waals surface area contributed by atoms with Crippen molar-refractivity contribution >= 4 is 21.6 Å². The Balaban J connectivity index is 2.37. The Morgan fingerprint density at radius 3 is 2.57 bits per heavy atom. The number of hydrogen-bond acceptors (Lipinski definition) is 1. The van der Waals surface area contributed by atoms with Crippen molar-refractivity contribution in [1.29, 1.82) is 0 Å². The van der Waals surface area contributed by atoms with Gasteiger partial charge in [-0.05, 0) is 53.4 Å². The first-order valence-corrected chi connectivity index (χ1v) is 5.68. The second-order valence-corrected chi connectivity index (χ2v) is 4.60. The summed E-state index contributed by atoms with van der Waals surface area (Å²) < 4.78 is 13.9. The first-order chi connectivity index (χ1) is 6.68. The van der Waals surface area contributed by atoms with E-state index in [4.69, 9.17) is 0 Å². The second kappa shape index (κ2) is 3.89. The highest BCUT2D eigenvalue weighted by Crippen LogP contribution is 2.28. The van der Waals surface area contributed by atoms with E-state index in [0.717, 1.165) is 24.3 Å². The van der Waals surface area contributed by atoms with E-state index in [1.807, 2.05) is 13.0 Å². The molecule has 76 valence electrons. The monoisotopic (exact) mass is 257 g/mol.